The van der Waals surface area contributed by atoms with Gasteiger partial charge in [-0.25, -0.2) is 0 Å². The molecule has 0 spiro atoms. The van der Waals surface area contributed by atoms with E-state index in [2.05, 4.69) is 10.6 Å². The first-order chi connectivity index (χ1) is 18.3. The van der Waals surface area contributed by atoms with E-state index < -0.39 is 117 Å². The molecule has 3 fully saturated rings. The number of aliphatic hydroxyl groups excluding tert-OH is 8. The van der Waals surface area contributed by atoms with Gasteiger partial charge in [-0.2, -0.15) is 0 Å². The lowest BCUT2D eigenvalue weighted by atomic mass is 9.94. The topological polar surface area (TPSA) is 266 Å². The van der Waals surface area contributed by atoms with Gasteiger partial charge >= 0.3 is 0 Å². The summed E-state index contributed by atoms with van der Waals surface area (Å²) in [6, 6.07) is -2.80. The molecule has 226 valence electrons. The van der Waals surface area contributed by atoms with Crippen LogP contribution in [0.25, 0.3) is 0 Å². The lowest BCUT2D eigenvalue weighted by Gasteiger charge is -2.49. The molecule has 3 aliphatic rings. The van der Waals surface area contributed by atoms with Gasteiger partial charge in [0.2, 0.25) is 11.8 Å². The SMILES string of the molecule is CC(=O)N[C@@H]1[C@@H](O)[C@H](O[C@@H]2O[C@H](CO)[C@@H](O[C@@H]3O[C@@H](C)[C@@H](O)[C@@H](O)[C@@H]3O)[C@H](O)[C@H]2NC(C)=O)[C@@H](CO)O[C@H]1O. The van der Waals surface area contributed by atoms with Gasteiger partial charge in [0.15, 0.2) is 18.9 Å². The summed E-state index contributed by atoms with van der Waals surface area (Å²) in [6.45, 7) is 2.16. The van der Waals surface area contributed by atoms with E-state index in [9.17, 15) is 50.4 Å². The Bertz CT molecular complexity index is 837. The second-order valence-electron chi connectivity index (χ2n) is 9.79. The minimum Gasteiger partial charge on any atom is -0.394 e. The normalized spacial score (nSPS) is 46.9. The van der Waals surface area contributed by atoms with Crippen molar-refractivity contribution in [2.24, 2.45) is 0 Å². The molecule has 17 nitrogen and oxygen atoms in total. The van der Waals surface area contributed by atoms with Crippen LogP contribution in [0.3, 0.4) is 0 Å². The third kappa shape index (κ3) is 7.02. The number of nitrogens with one attached hydrogen (secondary N) is 2. The van der Waals surface area contributed by atoms with Crippen molar-refractivity contribution < 1.29 is 74.1 Å². The molecule has 3 heterocycles. The molecule has 17 heteroatoms. The van der Waals surface area contributed by atoms with Crippen molar-refractivity contribution >= 4 is 11.8 Å². The summed E-state index contributed by atoms with van der Waals surface area (Å²) in [5.41, 5.74) is 0. The highest BCUT2D eigenvalue weighted by atomic mass is 16.7. The number of carbonyl (C=O) groups excluding carboxylic acids is 2. The third-order valence-electron chi connectivity index (χ3n) is 6.86. The highest BCUT2D eigenvalue weighted by Gasteiger charge is 2.53. The Balaban J connectivity index is 1.84. The van der Waals surface area contributed by atoms with E-state index >= 15 is 0 Å². The first-order valence-electron chi connectivity index (χ1n) is 12.4. The Hall–Kier alpha value is -1.58. The van der Waals surface area contributed by atoms with E-state index in [0.29, 0.717) is 0 Å². The van der Waals surface area contributed by atoms with Crippen LogP contribution in [0.15, 0.2) is 0 Å². The summed E-state index contributed by atoms with van der Waals surface area (Å²) in [5, 5.41) is 87.0. The Morgan fingerprint density at radius 1 is 0.667 bits per heavy atom. The van der Waals surface area contributed by atoms with Crippen molar-refractivity contribution in [3.8, 4) is 0 Å². The molecule has 3 saturated heterocycles. The van der Waals surface area contributed by atoms with E-state index in [1.54, 1.807) is 0 Å². The van der Waals surface area contributed by atoms with Crippen molar-refractivity contribution in [2.75, 3.05) is 13.2 Å². The predicted molar refractivity (Wildman–Crippen MR) is 123 cm³/mol. The lowest BCUT2D eigenvalue weighted by Crippen LogP contribution is -2.70. The quantitative estimate of drug-likeness (QED) is 0.130. The van der Waals surface area contributed by atoms with Crippen molar-refractivity contribution in [2.45, 2.75) is 113 Å². The molecule has 0 aromatic carbocycles. The minimum atomic E-state index is -1.74. The Morgan fingerprint density at radius 3 is 1.69 bits per heavy atom. The molecule has 0 bridgehead atoms. The van der Waals surface area contributed by atoms with Crippen LogP contribution in [0.2, 0.25) is 0 Å². The maximum Gasteiger partial charge on any atom is 0.217 e. The molecule has 39 heavy (non-hydrogen) atoms. The van der Waals surface area contributed by atoms with Crippen LogP contribution in [0, 0.1) is 0 Å². The summed E-state index contributed by atoms with van der Waals surface area (Å²) >= 11 is 0. The minimum absolute atomic E-state index is 0.609. The molecule has 10 N–H and O–H groups in total. The number of ether oxygens (including phenoxy) is 5. The fourth-order valence-electron chi connectivity index (χ4n) is 4.82. The third-order valence-corrected chi connectivity index (χ3v) is 6.86. The molecule has 3 aliphatic heterocycles. The first-order valence-corrected chi connectivity index (χ1v) is 12.4. The van der Waals surface area contributed by atoms with E-state index in [0.717, 1.165) is 13.8 Å². The summed E-state index contributed by atoms with van der Waals surface area (Å²) in [7, 11) is 0. The molecule has 3 rings (SSSR count). The van der Waals surface area contributed by atoms with Gasteiger partial charge in [0.1, 0.15) is 67.0 Å². The van der Waals surface area contributed by atoms with E-state index in [4.69, 9.17) is 23.7 Å². The van der Waals surface area contributed by atoms with Crippen molar-refractivity contribution in [1.82, 2.24) is 10.6 Å². The van der Waals surface area contributed by atoms with E-state index in [-0.39, 0.29) is 0 Å². The zero-order valence-electron chi connectivity index (χ0n) is 21.5. The van der Waals surface area contributed by atoms with Gasteiger partial charge in [-0.15, -0.1) is 0 Å². The zero-order valence-corrected chi connectivity index (χ0v) is 21.5. The maximum absolute atomic E-state index is 12.0. The summed E-state index contributed by atoms with van der Waals surface area (Å²) in [4.78, 5) is 23.5. The van der Waals surface area contributed by atoms with E-state index in [1.165, 1.54) is 6.92 Å². The monoisotopic (exact) mass is 570 g/mol. The number of aliphatic hydroxyl groups is 8. The fourth-order valence-corrected chi connectivity index (χ4v) is 4.82. The first kappa shape index (κ1) is 31.9. The Labute approximate surface area is 223 Å². The highest BCUT2D eigenvalue weighted by molar-refractivity contribution is 5.73. The standard InChI is InChI=1S/C22H38N2O15/c1-6-13(29)16(32)17(33)22(35-6)39-19-10(5-26)37-21(12(15(19)31)24-8(3)28)38-18-9(4-25)36-20(34)11(14(18)30)23-7(2)27/h6,9-22,25-26,29-34H,4-5H2,1-3H3,(H,23,27)(H,24,28)/t6-,9+,10+,11+,12+,13+,14+,15+,16+,17-,18+,19+,20+,21-,22-/m0/s1. The molecular weight excluding hydrogens is 532 g/mol. The molecule has 0 saturated carbocycles. The molecule has 0 aromatic rings. The van der Waals surface area contributed by atoms with Crippen molar-refractivity contribution in [3.63, 3.8) is 0 Å². The van der Waals surface area contributed by atoms with Gasteiger partial charge in [0.05, 0.1) is 19.3 Å². The van der Waals surface area contributed by atoms with Crippen molar-refractivity contribution in [3.05, 3.63) is 0 Å². The molecule has 0 aromatic heterocycles. The van der Waals surface area contributed by atoms with E-state index in [1.807, 2.05) is 0 Å². The zero-order chi connectivity index (χ0) is 29.2. The van der Waals surface area contributed by atoms with Crippen LogP contribution in [0.4, 0.5) is 0 Å². The van der Waals surface area contributed by atoms with Gasteiger partial charge in [0.25, 0.3) is 0 Å². The average molecular weight is 571 g/mol. The Morgan fingerprint density at radius 2 is 1.15 bits per heavy atom. The largest absolute Gasteiger partial charge is 0.394 e. The Kier molecular flexibility index (Phi) is 11.0. The molecule has 2 amide bonds. The van der Waals surface area contributed by atoms with Gasteiger partial charge < -0.3 is 75.2 Å². The number of hydrogen-bond acceptors (Lipinski definition) is 15. The van der Waals surface area contributed by atoms with Crippen LogP contribution in [-0.4, -0.2) is 158 Å². The van der Waals surface area contributed by atoms with Gasteiger partial charge in [0, 0.05) is 13.8 Å². The van der Waals surface area contributed by atoms with Gasteiger partial charge in [-0.3, -0.25) is 9.59 Å². The second-order valence-corrected chi connectivity index (χ2v) is 9.79. The molecule has 0 aliphatic carbocycles. The molecular formula is C22H38N2O15. The number of amides is 2. The fraction of sp³-hybridized carbons (Fsp3) is 0.909. The summed E-state index contributed by atoms with van der Waals surface area (Å²) < 4.78 is 27.9. The lowest BCUT2D eigenvalue weighted by molar-refractivity contribution is -0.358. The van der Waals surface area contributed by atoms with Crippen molar-refractivity contribution in [1.29, 1.82) is 0 Å². The van der Waals surface area contributed by atoms with Crippen LogP contribution < -0.4 is 10.6 Å². The summed E-state index contributed by atoms with van der Waals surface area (Å²) in [6.07, 6.45) is -19.7. The van der Waals surface area contributed by atoms with Crippen LogP contribution >= 0.6 is 0 Å². The second kappa shape index (κ2) is 13.4. The smallest absolute Gasteiger partial charge is 0.217 e. The molecule has 0 radical (unpaired) electrons. The van der Waals surface area contributed by atoms with Crippen LogP contribution in [-0.2, 0) is 33.3 Å². The average Bonchev–Trinajstić information content (AvgIpc) is 2.87. The van der Waals surface area contributed by atoms with Gasteiger partial charge in [-0.05, 0) is 6.92 Å². The molecule has 0 unspecified atom stereocenters. The highest BCUT2D eigenvalue weighted by Crippen LogP contribution is 2.32. The van der Waals surface area contributed by atoms with Crippen LogP contribution in [0.5, 0.6) is 0 Å². The number of carbonyl (C=O) groups is 2. The predicted octanol–water partition coefficient (Wildman–Crippen LogP) is -6.26. The van der Waals surface area contributed by atoms with Crippen LogP contribution in [0.1, 0.15) is 20.8 Å². The maximum atomic E-state index is 12.0. The van der Waals surface area contributed by atoms with Gasteiger partial charge in [-0.1, -0.05) is 0 Å². The number of hydrogen-bond donors (Lipinski definition) is 10. The number of rotatable bonds is 8. The molecule has 15 atom stereocenters. The summed E-state index contributed by atoms with van der Waals surface area (Å²) in [5.74, 6) is -1.26.